The molecule has 2 aromatic rings. The van der Waals surface area contributed by atoms with Crippen molar-refractivity contribution >= 4 is 22.8 Å². The molecule has 2 aliphatic rings. The van der Waals surface area contributed by atoms with Gasteiger partial charge in [0.25, 0.3) is 0 Å². The molecule has 0 radical (unpaired) electrons. The number of carbonyl (C=O) groups excluding carboxylic acids is 1. The molecular formula is C21H23N3O2. The van der Waals surface area contributed by atoms with E-state index in [2.05, 4.69) is 24.5 Å². The number of nitrogen functional groups attached to an aromatic ring is 1. The minimum Gasteiger partial charge on any atom is -0.506 e. The molecule has 1 unspecified atom stereocenters. The van der Waals surface area contributed by atoms with Crippen molar-refractivity contribution in [2.45, 2.75) is 32.7 Å². The Morgan fingerprint density at radius 3 is 2.58 bits per heavy atom. The number of hydrogen-bond acceptors (Lipinski definition) is 5. The first-order valence-corrected chi connectivity index (χ1v) is 8.81. The third kappa shape index (κ3) is 2.79. The van der Waals surface area contributed by atoms with Crippen LogP contribution < -0.4 is 16.4 Å². The molecule has 0 fully saturated rings. The summed E-state index contributed by atoms with van der Waals surface area (Å²) in [6, 6.07) is 12.6. The molecule has 26 heavy (non-hydrogen) atoms. The molecule has 0 saturated heterocycles. The highest BCUT2D eigenvalue weighted by Gasteiger charge is 2.39. The van der Waals surface area contributed by atoms with Gasteiger partial charge in [0, 0.05) is 23.4 Å². The predicted molar refractivity (Wildman–Crippen MR) is 104 cm³/mol. The van der Waals surface area contributed by atoms with Gasteiger partial charge in [-0.05, 0) is 41.7 Å². The van der Waals surface area contributed by atoms with Gasteiger partial charge in [-0.1, -0.05) is 32.0 Å². The molecule has 0 aromatic heterocycles. The Balaban J connectivity index is 1.90. The van der Waals surface area contributed by atoms with Crippen molar-refractivity contribution in [3.05, 3.63) is 59.3 Å². The van der Waals surface area contributed by atoms with E-state index in [4.69, 9.17) is 5.73 Å². The van der Waals surface area contributed by atoms with Crippen molar-refractivity contribution in [2.24, 2.45) is 5.41 Å². The summed E-state index contributed by atoms with van der Waals surface area (Å²) in [5.41, 5.74) is 10.4. The van der Waals surface area contributed by atoms with Crippen molar-refractivity contribution in [1.29, 1.82) is 0 Å². The van der Waals surface area contributed by atoms with Gasteiger partial charge in [-0.2, -0.15) is 0 Å². The van der Waals surface area contributed by atoms with E-state index in [9.17, 15) is 9.90 Å². The minimum absolute atomic E-state index is 0.122. The number of phenolic OH excluding ortho intramolecular Hbond substituents is 1. The minimum atomic E-state index is -0.287. The fraction of sp³-hybridized carbons (Fsp3) is 0.286. The fourth-order valence-corrected chi connectivity index (χ4v) is 3.89. The zero-order valence-corrected chi connectivity index (χ0v) is 15.0. The summed E-state index contributed by atoms with van der Waals surface area (Å²) in [5, 5.41) is 17.1. The standard InChI is InChI=1S/C21H23N3O2/c1-21(2)10-15-18(17(26)11-21)19(12-6-8-13(22)9-7-12)23-14-4-3-5-16(25)20(14)24-15/h3-9,19,23-25H,10-11,22H2,1-2H3. The molecular weight excluding hydrogens is 326 g/mol. The van der Waals surface area contributed by atoms with Gasteiger partial charge in [-0.25, -0.2) is 0 Å². The number of phenols is 1. The first kappa shape index (κ1) is 16.5. The second-order valence-electron chi connectivity index (χ2n) is 7.90. The first-order valence-electron chi connectivity index (χ1n) is 8.81. The summed E-state index contributed by atoms with van der Waals surface area (Å²) < 4.78 is 0. The number of ketones is 1. The van der Waals surface area contributed by atoms with Crippen LogP contribution in [0.15, 0.2) is 53.7 Å². The average molecular weight is 349 g/mol. The van der Waals surface area contributed by atoms with Gasteiger partial charge in [0.1, 0.15) is 11.4 Å². The van der Waals surface area contributed by atoms with E-state index >= 15 is 0 Å². The molecule has 4 rings (SSSR count). The van der Waals surface area contributed by atoms with Crippen LogP contribution in [0.5, 0.6) is 5.75 Å². The number of anilines is 3. The molecule has 1 aliphatic heterocycles. The van der Waals surface area contributed by atoms with Crippen LogP contribution in [0.3, 0.4) is 0 Å². The van der Waals surface area contributed by atoms with E-state index in [-0.39, 0.29) is 23.0 Å². The Labute approximate surface area is 152 Å². The number of rotatable bonds is 1. The molecule has 0 bridgehead atoms. The molecule has 134 valence electrons. The maximum atomic E-state index is 13.1. The van der Waals surface area contributed by atoms with Crippen LogP contribution in [-0.4, -0.2) is 10.9 Å². The molecule has 1 heterocycles. The third-order valence-corrected chi connectivity index (χ3v) is 5.10. The second kappa shape index (κ2) is 5.80. The van der Waals surface area contributed by atoms with Gasteiger partial charge in [0.2, 0.25) is 0 Å². The van der Waals surface area contributed by atoms with E-state index in [0.29, 0.717) is 17.8 Å². The lowest BCUT2D eigenvalue weighted by Gasteiger charge is -2.34. The Morgan fingerprint density at radius 1 is 1.12 bits per heavy atom. The van der Waals surface area contributed by atoms with Crippen molar-refractivity contribution in [2.75, 3.05) is 16.4 Å². The normalized spacial score (nSPS) is 21.2. The van der Waals surface area contributed by atoms with E-state index in [1.807, 2.05) is 30.3 Å². The number of nitrogens with one attached hydrogen (secondary N) is 2. The molecule has 0 spiro atoms. The highest BCUT2D eigenvalue weighted by Crippen LogP contribution is 2.47. The summed E-state index contributed by atoms with van der Waals surface area (Å²) in [4.78, 5) is 13.1. The molecule has 0 saturated carbocycles. The maximum absolute atomic E-state index is 13.1. The average Bonchev–Trinajstić information content (AvgIpc) is 2.72. The second-order valence-corrected chi connectivity index (χ2v) is 7.90. The lowest BCUT2D eigenvalue weighted by Crippen LogP contribution is -2.31. The van der Waals surface area contributed by atoms with Crippen LogP contribution in [-0.2, 0) is 4.79 Å². The molecule has 2 aromatic carbocycles. The Kier molecular flexibility index (Phi) is 3.68. The first-order chi connectivity index (χ1) is 12.3. The van der Waals surface area contributed by atoms with Crippen LogP contribution in [0.2, 0.25) is 0 Å². The number of fused-ring (bicyclic) bond motifs is 1. The third-order valence-electron chi connectivity index (χ3n) is 5.10. The van der Waals surface area contributed by atoms with Crippen molar-refractivity contribution in [1.82, 2.24) is 0 Å². The SMILES string of the molecule is CC1(C)CC(=O)C2=C(C1)Nc1c(O)cccc1NC2c1ccc(N)cc1. The van der Waals surface area contributed by atoms with Gasteiger partial charge in [-0.3, -0.25) is 4.79 Å². The topological polar surface area (TPSA) is 87.4 Å². The number of allylic oxidation sites excluding steroid dienone is 1. The summed E-state index contributed by atoms with van der Waals surface area (Å²) in [5.74, 6) is 0.293. The van der Waals surface area contributed by atoms with Crippen LogP contribution in [0.4, 0.5) is 17.1 Å². The molecule has 1 aliphatic carbocycles. The summed E-state index contributed by atoms with van der Waals surface area (Å²) in [7, 11) is 0. The van der Waals surface area contributed by atoms with Gasteiger partial charge < -0.3 is 21.5 Å². The molecule has 0 amide bonds. The number of aromatic hydroxyl groups is 1. The van der Waals surface area contributed by atoms with Gasteiger partial charge in [0.15, 0.2) is 5.78 Å². The Hall–Kier alpha value is -2.95. The van der Waals surface area contributed by atoms with Gasteiger partial charge >= 0.3 is 0 Å². The highest BCUT2D eigenvalue weighted by atomic mass is 16.3. The van der Waals surface area contributed by atoms with Crippen molar-refractivity contribution in [3.63, 3.8) is 0 Å². The fourth-order valence-electron chi connectivity index (χ4n) is 3.89. The zero-order chi connectivity index (χ0) is 18.5. The summed E-state index contributed by atoms with van der Waals surface area (Å²) >= 11 is 0. The van der Waals surface area contributed by atoms with E-state index in [0.717, 1.165) is 28.9 Å². The van der Waals surface area contributed by atoms with Crippen LogP contribution in [0.25, 0.3) is 0 Å². The van der Waals surface area contributed by atoms with Gasteiger partial charge in [-0.15, -0.1) is 0 Å². The van der Waals surface area contributed by atoms with Gasteiger partial charge in [0.05, 0.1) is 11.7 Å². The zero-order valence-electron chi connectivity index (χ0n) is 15.0. The largest absolute Gasteiger partial charge is 0.506 e. The Bertz CT molecular complexity index is 913. The molecule has 5 heteroatoms. The predicted octanol–water partition coefficient (Wildman–Crippen LogP) is 4.20. The number of benzene rings is 2. The lowest BCUT2D eigenvalue weighted by atomic mass is 9.73. The number of Topliss-reactive ketones (excluding diaryl/α,β-unsaturated/α-hetero) is 1. The smallest absolute Gasteiger partial charge is 0.163 e. The highest BCUT2D eigenvalue weighted by molar-refractivity contribution is 6.01. The summed E-state index contributed by atoms with van der Waals surface area (Å²) in [6.45, 7) is 4.19. The van der Waals surface area contributed by atoms with Crippen molar-refractivity contribution < 1.29 is 9.90 Å². The maximum Gasteiger partial charge on any atom is 0.163 e. The molecule has 5 N–H and O–H groups in total. The van der Waals surface area contributed by atoms with Crippen LogP contribution in [0, 0.1) is 5.41 Å². The number of para-hydroxylation sites is 1. The number of hydrogen-bond donors (Lipinski definition) is 4. The Morgan fingerprint density at radius 2 is 1.85 bits per heavy atom. The molecule has 1 atom stereocenters. The number of nitrogens with two attached hydrogens (primary N) is 1. The quantitative estimate of drug-likeness (QED) is 0.458. The van der Waals surface area contributed by atoms with Crippen molar-refractivity contribution in [3.8, 4) is 5.75 Å². The monoisotopic (exact) mass is 349 g/mol. The van der Waals surface area contributed by atoms with Crippen LogP contribution >= 0.6 is 0 Å². The summed E-state index contributed by atoms with van der Waals surface area (Å²) in [6.07, 6.45) is 1.25. The number of carbonyl (C=O) groups is 1. The lowest BCUT2D eigenvalue weighted by molar-refractivity contribution is -0.118. The van der Waals surface area contributed by atoms with E-state index in [1.165, 1.54) is 0 Å². The molecule has 5 nitrogen and oxygen atoms in total. The van der Waals surface area contributed by atoms with E-state index in [1.54, 1.807) is 12.1 Å². The van der Waals surface area contributed by atoms with E-state index < -0.39 is 0 Å². The van der Waals surface area contributed by atoms with Crippen LogP contribution in [0.1, 0.15) is 38.3 Å².